The molecule has 0 aliphatic heterocycles. The fraction of sp³-hybridized carbons (Fsp3) is 0.0588. The van der Waals surface area contributed by atoms with Gasteiger partial charge < -0.3 is 16.2 Å². The molecule has 0 radical (unpaired) electrons. The van der Waals surface area contributed by atoms with Crippen LogP contribution in [0.5, 0.6) is 5.88 Å². The molecule has 0 aliphatic rings. The number of aromatic hydroxyl groups is 1. The van der Waals surface area contributed by atoms with Gasteiger partial charge in [0, 0.05) is 16.1 Å². The van der Waals surface area contributed by atoms with Gasteiger partial charge in [-0.25, -0.2) is 9.36 Å². The summed E-state index contributed by atoms with van der Waals surface area (Å²) in [5.74, 6) is -1.69. The summed E-state index contributed by atoms with van der Waals surface area (Å²) in [7, 11) is 0. The smallest absolute Gasteiger partial charge is 0.416 e. The fourth-order valence-corrected chi connectivity index (χ4v) is 2.75. The maximum absolute atomic E-state index is 13.0. The Hall–Kier alpha value is -3.20. The first kappa shape index (κ1) is 18.6. The Bertz CT molecular complexity index is 1060. The molecule has 140 valence electrons. The van der Waals surface area contributed by atoms with Crippen molar-refractivity contribution in [2.24, 2.45) is 5.73 Å². The lowest BCUT2D eigenvalue weighted by Gasteiger charge is -2.07. The number of carbonyl (C=O) groups is 2. The van der Waals surface area contributed by atoms with Gasteiger partial charge in [-0.15, -0.1) is 0 Å². The van der Waals surface area contributed by atoms with Crippen molar-refractivity contribution in [2.75, 3.05) is 5.32 Å². The summed E-state index contributed by atoms with van der Waals surface area (Å²) in [4.78, 5) is 24.2. The predicted octanol–water partition coefficient (Wildman–Crippen LogP) is 4.20. The third-order valence-electron chi connectivity index (χ3n) is 3.82. The number of rotatable bonds is 2. The van der Waals surface area contributed by atoms with Gasteiger partial charge in [-0.05, 0) is 36.4 Å². The molecule has 1 heterocycles. The first-order valence-corrected chi connectivity index (χ1v) is 7.78. The number of carbonyl (C=O) groups excluding carboxylic acids is 2. The zero-order chi connectivity index (χ0) is 19.9. The molecule has 6 nitrogen and oxygen atoms in total. The van der Waals surface area contributed by atoms with Crippen molar-refractivity contribution in [2.45, 2.75) is 6.18 Å². The van der Waals surface area contributed by atoms with Gasteiger partial charge in [0.2, 0.25) is 5.88 Å². The Morgan fingerprint density at radius 1 is 1.11 bits per heavy atom. The van der Waals surface area contributed by atoms with Crippen LogP contribution in [0.15, 0.2) is 42.5 Å². The Kier molecular flexibility index (Phi) is 4.48. The van der Waals surface area contributed by atoms with E-state index in [9.17, 15) is 27.9 Å². The van der Waals surface area contributed by atoms with Gasteiger partial charge in [-0.3, -0.25) is 4.79 Å². The summed E-state index contributed by atoms with van der Waals surface area (Å²) in [6.07, 6.45) is -4.68. The SMILES string of the molecule is NC(=O)n1c(O)c(C(=O)Nc2ccc(Cl)cc2)c2ccc(C(F)(F)F)cc21. The number of alkyl halides is 3. The quantitative estimate of drug-likeness (QED) is 0.604. The third kappa shape index (κ3) is 3.41. The molecule has 1 aromatic heterocycles. The normalized spacial score (nSPS) is 11.6. The molecule has 0 unspecified atom stereocenters. The molecule has 3 rings (SSSR count). The second-order valence-corrected chi connectivity index (χ2v) is 6.00. The zero-order valence-electron chi connectivity index (χ0n) is 13.3. The number of primary amides is 1. The van der Waals surface area contributed by atoms with E-state index >= 15 is 0 Å². The van der Waals surface area contributed by atoms with Crippen LogP contribution in [-0.4, -0.2) is 21.6 Å². The number of anilines is 1. The second kappa shape index (κ2) is 6.51. The summed E-state index contributed by atoms with van der Waals surface area (Å²) in [5.41, 5.74) is 3.71. The van der Waals surface area contributed by atoms with Crippen LogP contribution >= 0.6 is 11.6 Å². The summed E-state index contributed by atoms with van der Waals surface area (Å²) in [6.45, 7) is 0. The van der Waals surface area contributed by atoms with E-state index < -0.39 is 29.6 Å². The largest absolute Gasteiger partial charge is 0.494 e. The number of hydrogen-bond donors (Lipinski definition) is 3. The van der Waals surface area contributed by atoms with Gasteiger partial charge in [0.15, 0.2) is 0 Å². The summed E-state index contributed by atoms with van der Waals surface area (Å²) in [6, 6.07) is 7.15. The summed E-state index contributed by atoms with van der Waals surface area (Å²) < 4.78 is 39.3. The van der Waals surface area contributed by atoms with Crippen molar-refractivity contribution < 1.29 is 27.9 Å². The molecular weight excluding hydrogens is 387 g/mol. The molecule has 0 saturated carbocycles. The molecule has 0 spiro atoms. The first-order valence-electron chi connectivity index (χ1n) is 7.41. The van der Waals surface area contributed by atoms with Crippen LogP contribution in [0.3, 0.4) is 0 Å². The van der Waals surface area contributed by atoms with Crippen LogP contribution in [0.1, 0.15) is 15.9 Å². The minimum atomic E-state index is -4.68. The van der Waals surface area contributed by atoms with Crippen LogP contribution in [0.4, 0.5) is 23.7 Å². The highest BCUT2D eigenvalue weighted by molar-refractivity contribution is 6.30. The van der Waals surface area contributed by atoms with Crippen LogP contribution < -0.4 is 11.1 Å². The van der Waals surface area contributed by atoms with E-state index in [1.165, 1.54) is 24.3 Å². The van der Waals surface area contributed by atoms with Crippen molar-refractivity contribution in [1.82, 2.24) is 4.57 Å². The zero-order valence-corrected chi connectivity index (χ0v) is 14.1. The summed E-state index contributed by atoms with van der Waals surface area (Å²) in [5, 5.41) is 13.1. The van der Waals surface area contributed by atoms with E-state index in [1.807, 2.05) is 0 Å². The lowest BCUT2D eigenvalue weighted by Crippen LogP contribution is -2.19. The molecule has 0 fully saturated rings. The molecule has 10 heteroatoms. The first-order chi connectivity index (χ1) is 12.6. The number of fused-ring (bicyclic) bond motifs is 1. The molecule has 4 N–H and O–H groups in total. The Morgan fingerprint density at radius 3 is 2.30 bits per heavy atom. The molecule has 2 amide bonds. The lowest BCUT2D eigenvalue weighted by atomic mass is 10.1. The molecule has 3 aromatic rings. The van der Waals surface area contributed by atoms with Gasteiger partial charge >= 0.3 is 12.2 Å². The highest BCUT2D eigenvalue weighted by Gasteiger charge is 2.33. The standard InChI is InChI=1S/C17H11ClF3N3O3/c18-9-2-4-10(5-3-9)23-14(25)13-11-6-1-8(17(19,20)21)7-12(11)24(15(13)26)16(22)27/h1-7,26H,(H2,22,27)(H,23,25). The van der Waals surface area contributed by atoms with E-state index in [0.717, 1.165) is 12.1 Å². The minimum absolute atomic E-state index is 0.0641. The Morgan fingerprint density at radius 2 is 1.74 bits per heavy atom. The van der Waals surface area contributed by atoms with E-state index in [1.54, 1.807) is 0 Å². The van der Waals surface area contributed by atoms with Crippen LogP contribution in [0.2, 0.25) is 5.02 Å². The highest BCUT2D eigenvalue weighted by atomic mass is 35.5. The molecule has 0 aliphatic carbocycles. The molecular formula is C17H11ClF3N3O3. The predicted molar refractivity (Wildman–Crippen MR) is 93.0 cm³/mol. The highest BCUT2D eigenvalue weighted by Crippen LogP contribution is 2.36. The van der Waals surface area contributed by atoms with Gasteiger partial charge in [0.25, 0.3) is 5.91 Å². The molecule has 2 aromatic carbocycles. The van der Waals surface area contributed by atoms with Crippen molar-refractivity contribution in [1.29, 1.82) is 0 Å². The Labute approximate surface area is 154 Å². The maximum atomic E-state index is 13.0. The number of nitrogens with zero attached hydrogens (tertiary/aromatic N) is 1. The van der Waals surface area contributed by atoms with Crippen LogP contribution in [-0.2, 0) is 6.18 Å². The van der Waals surface area contributed by atoms with Gasteiger partial charge in [-0.1, -0.05) is 17.7 Å². The molecule has 0 bridgehead atoms. The molecule has 0 atom stereocenters. The van der Waals surface area contributed by atoms with Gasteiger partial charge in [0.1, 0.15) is 5.56 Å². The number of aromatic nitrogens is 1. The number of benzene rings is 2. The van der Waals surface area contributed by atoms with E-state index in [4.69, 9.17) is 17.3 Å². The summed E-state index contributed by atoms with van der Waals surface area (Å²) >= 11 is 5.76. The van der Waals surface area contributed by atoms with Gasteiger partial charge in [-0.2, -0.15) is 13.2 Å². The fourth-order valence-electron chi connectivity index (χ4n) is 2.62. The van der Waals surface area contributed by atoms with Crippen molar-refractivity contribution in [3.63, 3.8) is 0 Å². The third-order valence-corrected chi connectivity index (χ3v) is 4.07. The maximum Gasteiger partial charge on any atom is 0.416 e. The van der Waals surface area contributed by atoms with Crippen LogP contribution in [0, 0.1) is 0 Å². The van der Waals surface area contributed by atoms with E-state index in [0.29, 0.717) is 21.3 Å². The lowest BCUT2D eigenvalue weighted by molar-refractivity contribution is -0.137. The van der Waals surface area contributed by atoms with Crippen molar-refractivity contribution in [3.8, 4) is 5.88 Å². The van der Waals surface area contributed by atoms with Crippen LogP contribution in [0.25, 0.3) is 10.9 Å². The number of nitrogens with one attached hydrogen (secondary N) is 1. The van der Waals surface area contributed by atoms with Crippen molar-refractivity contribution in [3.05, 3.63) is 58.6 Å². The van der Waals surface area contributed by atoms with E-state index in [-0.39, 0.29) is 16.5 Å². The minimum Gasteiger partial charge on any atom is -0.494 e. The van der Waals surface area contributed by atoms with E-state index in [2.05, 4.69) is 5.32 Å². The number of amides is 2. The Balaban J connectivity index is 2.14. The van der Waals surface area contributed by atoms with Crippen molar-refractivity contribution >= 4 is 40.1 Å². The number of halogens is 4. The monoisotopic (exact) mass is 397 g/mol. The molecule has 0 saturated heterocycles. The topological polar surface area (TPSA) is 97.3 Å². The average molecular weight is 398 g/mol. The number of hydrogen-bond acceptors (Lipinski definition) is 3. The van der Waals surface area contributed by atoms with Gasteiger partial charge in [0.05, 0.1) is 11.1 Å². The number of nitrogens with two attached hydrogens (primary N) is 1. The average Bonchev–Trinajstić information content (AvgIpc) is 2.87. The second-order valence-electron chi connectivity index (χ2n) is 5.56. The molecule has 27 heavy (non-hydrogen) atoms.